The summed E-state index contributed by atoms with van der Waals surface area (Å²) >= 11 is 1.77. The molecule has 0 saturated carbocycles. The SMILES string of the molecule is CCN(CC)c1ccc(CNC(=NC)NCCc2nc(C)c(C)s2)cn1.I. The summed E-state index contributed by atoms with van der Waals surface area (Å²) in [4.78, 5) is 16.9. The number of anilines is 1. The fourth-order valence-corrected chi connectivity index (χ4v) is 3.53. The number of aromatic nitrogens is 2. The lowest BCUT2D eigenvalue weighted by molar-refractivity contribution is 0.787. The van der Waals surface area contributed by atoms with Crippen LogP contribution in [0.4, 0.5) is 5.82 Å². The van der Waals surface area contributed by atoms with Crippen LogP contribution in [0.5, 0.6) is 0 Å². The van der Waals surface area contributed by atoms with Gasteiger partial charge < -0.3 is 15.5 Å². The van der Waals surface area contributed by atoms with Gasteiger partial charge in [-0.2, -0.15) is 0 Å². The summed E-state index contributed by atoms with van der Waals surface area (Å²) in [6.07, 6.45) is 2.83. The van der Waals surface area contributed by atoms with Crippen LogP contribution in [0.15, 0.2) is 23.3 Å². The molecule has 2 N–H and O–H groups in total. The van der Waals surface area contributed by atoms with Crippen LogP contribution >= 0.6 is 35.3 Å². The van der Waals surface area contributed by atoms with Crippen molar-refractivity contribution in [3.05, 3.63) is 39.5 Å². The second kappa shape index (κ2) is 12.1. The molecule has 0 aliphatic rings. The van der Waals surface area contributed by atoms with Crippen molar-refractivity contribution >= 4 is 47.1 Å². The molecular formula is C19H31IN6S. The van der Waals surface area contributed by atoms with E-state index in [1.807, 2.05) is 6.20 Å². The van der Waals surface area contributed by atoms with Crippen LogP contribution < -0.4 is 15.5 Å². The first-order chi connectivity index (χ1) is 12.6. The first-order valence-electron chi connectivity index (χ1n) is 9.14. The maximum atomic E-state index is 4.57. The van der Waals surface area contributed by atoms with Crippen LogP contribution in [0.2, 0.25) is 0 Å². The zero-order valence-corrected chi connectivity index (χ0v) is 20.0. The number of nitrogens with one attached hydrogen (secondary N) is 2. The molecule has 150 valence electrons. The zero-order chi connectivity index (χ0) is 18.9. The Kier molecular flexibility index (Phi) is 10.6. The number of guanidine groups is 1. The number of nitrogens with zero attached hydrogens (tertiary/aromatic N) is 4. The molecule has 0 bridgehead atoms. The molecule has 0 atom stereocenters. The quantitative estimate of drug-likeness (QED) is 0.329. The van der Waals surface area contributed by atoms with Gasteiger partial charge in [0.2, 0.25) is 0 Å². The average Bonchev–Trinajstić information content (AvgIpc) is 2.97. The van der Waals surface area contributed by atoms with Crippen LogP contribution in [0.1, 0.15) is 35.0 Å². The van der Waals surface area contributed by atoms with Gasteiger partial charge in [-0.25, -0.2) is 9.97 Å². The predicted octanol–water partition coefficient (Wildman–Crippen LogP) is 3.53. The highest BCUT2D eigenvalue weighted by atomic mass is 127. The molecule has 2 heterocycles. The van der Waals surface area contributed by atoms with E-state index in [1.54, 1.807) is 18.4 Å². The summed E-state index contributed by atoms with van der Waals surface area (Å²) in [6, 6.07) is 4.19. The lowest BCUT2D eigenvalue weighted by Crippen LogP contribution is -2.37. The van der Waals surface area contributed by atoms with Crippen molar-refractivity contribution in [2.45, 2.75) is 40.7 Å². The van der Waals surface area contributed by atoms with E-state index >= 15 is 0 Å². The zero-order valence-electron chi connectivity index (χ0n) is 16.9. The Bertz CT molecular complexity index is 690. The molecule has 0 spiro atoms. The van der Waals surface area contributed by atoms with Gasteiger partial charge in [0.25, 0.3) is 0 Å². The van der Waals surface area contributed by atoms with Crippen molar-refractivity contribution in [1.82, 2.24) is 20.6 Å². The van der Waals surface area contributed by atoms with Crippen LogP contribution in [0.25, 0.3) is 0 Å². The lowest BCUT2D eigenvalue weighted by Gasteiger charge is -2.19. The summed E-state index contributed by atoms with van der Waals surface area (Å²) in [5, 5.41) is 7.84. The Morgan fingerprint density at radius 2 is 1.93 bits per heavy atom. The van der Waals surface area contributed by atoms with Gasteiger partial charge in [0, 0.05) is 50.7 Å². The second-order valence-corrected chi connectivity index (χ2v) is 7.34. The molecule has 2 aromatic rings. The van der Waals surface area contributed by atoms with Gasteiger partial charge in [-0.3, -0.25) is 4.99 Å². The number of pyridine rings is 1. The van der Waals surface area contributed by atoms with E-state index in [2.05, 4.69) is 70.3 Å². The van der Waals surface area contributed by atoms with Crippen molar-refractivity contribution in [3.63, 3.8) is 0 Å². The minimum absolute atomic E-state index is 0. The van der Waals surface area contributed by atoms with Gasteiger partial charge in [0.1, 0.15) is 5.82 Å². The first-order valence-corrected chi connectivity index (χ1v) is 9.96. The van der Waals surface area contributed by atoms with Gasteiger partial charge in [-0.1, -0.05) is 6.07 Å². The van der Waals surface area contributed by atoms with Crippen molar-refractivity contribution in [2.24, 2.45) is 4.99 Å². The molecule has 0 aliphatic carbocycles. The third-order valence-electron chi connectivity index (χ3n) is 4.28. The maximum Gasteiger partial charge on any atom is 0.191 e. The largest absolute Gasteiger partial charge is 0.357 e. The first kappa shape index (κ1) is 23.6. The van der Waals surface area contributed by atoms with E-state index in [9.17, 15) is 0 Å². The number of thiazole rings is 1. The van der Waals surface area contributed by atoms with Crippen molar-refractivity contribution in [1.29, 1.82) is 0 Å². The normalized spacial score (nSPS) is 11.1. The van der Waals surface area contributed by atoms with Crippen molar-refractivity contribution < 1.29 is 0 Å². The molecule has 2 rings (SSSR count). The van der Waals surface area contributed by atoms with Gasteiger partial charge in [-0.15, -0.1) is 35.3 Å². The molecule has 6 nitrogen and oxygen atoms in total. The average molecular weight is 502 g/mol. The van der Waals surface area contributed by atoms with Crippen molar-refractivity contribution in [3.8, 4) is 0 Å². The lowest BCUT2D eigenvalue weighted by atomic mass is 10.2. The van der Waals surface area contributed by atoms with Crippen LogP contribution in [0, 0.1) is 13.8 Å². The highest BCUT2D eigenvalue weighted by Crippen LogP contribution is 2.16. The monoisotopic (exact) mass is 502 g/mol. The third-order valence-corrected chi connectivity index (χ3v) is 5.42. The molecule has 0 radical (unpaired) electrons. The molecule has 8 heteroatoms. The number of halogens is 1. The molecule has 0 aromatic carbocycles. The Balaban J connectivity index is 0.00000364. The Labute approximate surface area is 183 Å². The smallest absolute Gasteiger partial charge is 0.191 e. The van der Waals surface area contributed by atoms with Crippen LogP contribution in [-0.4, -0.2) is 42.6 Å². The summed E-state index contributed by atoms with van der Waals surface area (Å²) in [7, 11) is 1.79. The van der Waals surface area contributed by atoms with E-state index in [0.717, 1.165) is 49.1 Å². The molecular weight excluding hydrogens is 471 g/mol. The van der Waals surface area contributed by atoms with Gasteiger partial charge in [0.05, 0.1) is 10.7 Å². The summed E-state index contributed by atoms with van der Waals surface area (Å²) in [5.41, 5.74) is 2.27. The Morgan fingerprint density at radius 1 is 1.19 bits per heavy atom. The molecule has 0 amide bonds. The van der Waals surface area contributed by atoms with E-state index in [-0.39, 0.29) is 24.0 Å². The van der Waals surface area contributed by atoms with E-state index in [4.69, 9.17) is 0 Å². The van der Waals surface area contributed by atoms with Gasteiger partial charge >= 0.3 is 0 Å². The third kappa shape index (κ3) is 7.25. The van der Waals surface area contributed by atoms with E-state index in [1.165, 1.54) is 9.88 Å². The number of hydrogen-bond acceptors (Lipinski definition) is 5. The van der Waals surface area contributed by atoms with Gasteiger partial charge in [0.15, 0.2) is 5.96 Å². The van der Waals surface area contributed by atoms with Crippen molar-refractivity contribution in [2.75, 3.05) is 31.6 Å². The fraction of sp³-hybridized carbons (Fsp3) is 0.526. The molecule has 27 heavy (non-hydrogen) atoms. The number of aliphatic imine (C=N–C) groups is 1. The highest BCUT2D eigenvalue weighted by molar-refractivity contribution is 14.0. The maximum absolute atomic E-state index is 4.57. The molecule has 2 aromatic heterocycles. The standard InChI is InChI=1S/C19H30N6S.HI/c1-6-25(7-2)17-9-8-16(12-22-17)13-23-19(20-5)21-11-10-18-24-14(3)15(4)26-18;/h8-9,12H,6-7,10-11,13H2,1-5H3,(H2,20,21,23);1H. The van der Waals surface area contributed by atoms with E-state index < -0.39 is 0 Å². The van der Waals surface area contributed by atoms with Crippen LogP contribution in [0.3, 0.4) is 0 Å². The number of rotatable bonds is 8. The molecule has 0 aliphatic heterocycles. The summed E-state index contributed by atoms with van der Waals surface area (Å²) < 4.78 is 0. The minimum Gasteiger partial charge on any atom is -0.357 e. The highest BCUT2D eigenvalue weighted by Gasteiger charge is 2.05. The molecule has 0 saturated heterocycles. The number of hydrogen-bond donors (Lipinski definition) is 2. The molecule has 0 fully saturated rings. The number of aryl methyl sites for hydroxylation is 2. The fourth-order valence-electron chi connectivity index (χ4n) is 2.60. The van der Waals surface area contributed by atoms with Gasteiger partial charge in [-0.05, 0) is 39.3 Å². The Morgan fingerprint density at radius 3 is 2.44 bits per heavy atom. The Hall–Kier alpha value is -1.42. The minimum atomic E-state index is 0. The topological polar surface area (TPSA) is 65.4 Å². The summed E-state index contributed by atoms with van der Waals surface area (Å²) in [5.74, 6) is 1.82. The van der Waals surface area contributed by atoms with E-state index in [0.29, 0.717) is 6.54 Å². The van der Waals surface area contributed by atoms with Crippen LogP contribution in [-0.2, 0) is 13.0 Å². The molecule has 0 unspecified atom stereocenters. The summed E-state index contributed by atoms with van der Waals surface area (Å²) in [6.45, 7) is 11.9. The second-order valence-electron chi connectivity index (χ2n) is 6.05. The predicted molar refractivity (Wildman–Crippen MR) is 127 cm³/mol.